The number of rotatable bonds is 5. The molecule has 6 nitrogen and oxygen atoms in total. The van der Waals surface area contributed by atoms with Crippen molar-refractivity contribution in [2.75, 3.05) is 18.4 Å². The van der Waals surface area contributed by atoms with Crippen LogP contribution in [0.25, 0.3) is 11.3 Å². The van der Waals surface area contributed by atoms with Crippen LogP contribution in [0.1, 0.15) is 35.9 Å². The first kappa shape index (κ1) is 21.2. The van der Waals surface area contributed by atoms with Gasteiger partial charge in [-0.3, -0.25) is 9.78 Å². The number of carbonyl (C=O) groups excluding carboxylic acids is 1. The zero-order valence-corrected chi connectivity index (χ0v) is 18.5. The van der Waals surface area contributed by atoms with Crippen molar-refractivity contribution >= 4 is 23.3 Å². The van der Waals surface area contributed by atoms with Crippen LogP contribution in [0.4, 0.5) is 5.82 Å². The van der Waals surface area contributed by atoms with Crippen molar-refractivity contribution in [3.63, 3.8) is 0 Å². The highest BCUT2D eigenvalue weighted by Gasteiger charge is 2.34. The van der Waals surface area contributed by atoms with Crippen molar-refractivity contribution in [2.24, 2.45) is 5.92 Å². The van der Waals surface area contributed by atoms with Gasteiger partial charge in [0.15, 0.2) is 0 Å². The second-order valence-corrected chi connectivity index (χ2v) is 8.43. The van der Waals surface area contributed by atoms with E-state index >= 15 is 0 Å². The highest BCUT2D eigenvalue weighted by molar-refractivity contribution is 6.30. The number of likely N-dealkylation sites (tertiary alicyclic amines) is 1. The van der Waals surface area contributed by atoms with E-state index in [0.717, 1.165) is 35.6 Å². The Bertz CT molecular complexity index is 1040. The topological polar surface area (TPSA) is 71.0 Å². The molecule has 1 aliphatic heterocycles. The lowest BCUT2D eigenvalue weighted by molar-refractivity contribution is 0.0534. The van der Waals surface area contributed by atoms with Gasteiger partial charge in [-0.05, 0) is 62.1 Å². The molecule has 4 heterocycles. The zero-order chi connectivity index (χ0) is 21.8. The molecule has 0 radical (unpaired) electrons. The monoisotopic (exact) mass is 435 g/mol. The van der Waals surface area contributed by atoms with E-state index in [4.69, 9.17) is 11.6 Å². The van der Waals surface area contributed by atoms with Gasteiger partial charge in [-0.25, -0.2) is 9.97 Å². The third-order valence-electron chi connectivity index (χ3n) is 5.77. The molecule has 0 spiro atoms. The fraction of sp³-hybridized carbons (Fsp3) is 0.333. The molecule has 4 rings (SSSR count). The van der Waals surface area contributed by atoms with Crippen LogP contribution in [0.5, 0.6) is 0 Å². The molecule has 2 atom stereocenters. The summed E-state index contributed by atoms with van der Waals surface area (Å²) in [5.41, 5.74) is 2.79. The number of halogens is 1. The Hall–Kier alpha value is -2.99. The standard InChI is InChI=1S/C24H26ClN5O/c1-16-6-5-13-30(21(16)15-28-22-11-9-18(25)14-27-22)24(31)23-19(10-8-17(2)29-23)20-7-3-4-12-26-20/h3-4,7-12,14,16,21H,5-6,13,15H2,1-2H3,(H,27,28). The lowest BCUT2D eigenvalue weighted by Gasteiger charge is -2.40. The van der Waals surface area contributed by atoms with E-state index in [9.17, 15) is 4.79 Å². The molecule has 0 bridgehead atoms. The third kappa shape index (κ3) is 4.85. The third-order valence-corrected chi connectivity index (χ3v) is 6.00. The lowest BCUT2D eigenvalue weighted by atomic mass is 9.90. The average Bonchev–Trinajstić information content (AvgIpc) is 2.79. The molecule has 1 aliphatic rings. The van der Waals surface area contributed by atoms with Crippen LogP contribution in [-0.2, 0) is 0 Å². The van der Waals surface area contributed by atoms with Crippen molar-refractivity contribution in [3.05, 3.63) is 71.3 Å². The minimum absolute atomic E-state index is 0.0395. The number of aryl methyl sites for hydroxylation is 1. The van der Waals surface area contributed by atoms with Crippen LogP contribution < -0.4 is 5.32 Å². The van der Waals surface area contributed by atoms with Gasteiger partial charge in [0.2, 0.25) is 0 Å². The first-order chi connectivity index (χ1) is 15.0. The number of pyridine rings is 3. The summed E-state index contributed by atoms with van der Waals surface area (Å²) < 4.78 is 0. The summed E-state index contributed by atoms with van der Waals surface area (Å²) in [5, 5.41) is 3.97. The molecule has 0 aliphatic carbocycles. The van der Waals surface area contributed by atoms with Gasteiger partial charge < -0.3 is 10.2 Å². The van der Waals surface area contributed by atoms with Gasteiger partial charge in [0.05, 0.1) is 16.8 Å². The zero-order valence-electron chi connectivity index (χ0n) is 17.8. The fourth-order valence-corrected chi connectivity index (χ4v) is 4.20. The van der Waals surface area contributed by atoms with Gasteiger partial charge in [-0.1, -0.05) is 24.6 Å². The number of aromatic nitrogens is 3. The van der Waals surface area contributed by atoms with E-state index in [1.807, 2.05) is 48.2 Å². The molecule has 2 unspecified atom stereocenters. The highest BCUT2D eigenvalue weighted by atomic mass is 35.5. The van der Waals surface area contributed by atoms with Crippen molar-refractivity contribution < 1.29 is 4.79 Å². The summed E-state index contributed by atoms with van der Waals surface area (Å²) in [6.07, 6.45) is 5.41. The quantitative estimate of drug-likeness (QED) is 0.620. The molecule has 1 fully saturated rings. The second kappa shape index (κ2) is 9.43. The molecule has 7 heteroatoms. The predicted octanol–water partition coefficient (Wildman–Crippen LogP) is 4.85. The van der Waals surface area contributed by atoms with Crippen molar-refractivity contribution in [2.45, 2.75) is 32.7 Å². The van der Waals surface area contributed by atoms with Crippen LogP contribution in [0.2, 0.25) is 5.02 Å². The maximum atomic E-state index is 13.7. The molecule has 1 amide bonds. The minimum Gasteiger partial charge on any atom is -0.368 e. The van der Waals surface area contributed by atoms with E-state index in [1.165, 1.54) is 0 Å². The number of anilines is 1. The molecule has 31 heavy (non-hydrogen) atoms. The largest absolute Gasteiger partial charge is 0.368 e. The average molecular weight is 436 g/mol. The van der Waals surface area contributed by atoms with Crippen molar-refractivity contribution in [3.8, 4) is 11.3 Å². The molecular formula is C24H26ClN5O. The second-order valence-electron chi connectivity index (χ2n) is 7.99. The minimum atomic E-state index is -0.0493. The van der Waals surface area contributed by atoms with Crippen LogP contribution in [0.15, 0.2) is 54.9 Å². The number of hydrogen-bond acceptors (Lipinski definition) is 5. The Labute approximate surface area is 187 Å². The molecular weight excluding hydrogens is 410 g/mol. The van der Waals surface area contributed by atoms with Gasteiger partial charge in [-0.2, -0.15) is 0 Å². The molecule has 1 N–H and O–H groups in total. The van der Waals surface area contributed by atoms with Crippen LogP contribution >= 0.6 is 11.6 Å². The van der Waals surface area contributed by atoms with Crippen LogP contribution in [0, 0.1) is 12.8 Å². The summed E-state index contributed by atoms with van der Waals surface area (Å²) in [6.45, 7) is 5.43. The maximum absolute atomic E-state index is 13.7. The van der Waals surface area contributed by atoms with E-state index in [-0.39, 0.29) is 11.9 Å². The Morgan fingerprint density at radius 3 is 2.81 bits per heavy atom. The summed E-state index contributed by atoms with van der Waals surface area (Å²) in [5.74, 6) is 1.06. The number of hydrogen-bond donors (Lipinski definition) is 1. The maximum Gasteiger partial charge on any atom is 0.273 e. The lowest BCUT2D eigenvalue weighted by Crippen LogP contribution is -2.51. The van der Waals surface area contributed by atoms with E-state index in [0.29, 0.717) is 29.7 Å². The molecule has 0 saturated carbocycles. The van der Waals surface area contributed by atoms with E-state index in [1.54, 1.807) is 18.5 Å². The van der Waals surface area contributed by atoms with Gasteiger partial charge >= 0.3 is 0 Å². The van der Waals surface area contributed by atoms with Crippen molar-refractivity contribution in [1.82, 2.24) is 19.9 Å². The van der Waals surface area contributed by atoms with Gasteiger partial charge in [0.25, 0.3) is 5.91 Å². The van der Waals surface area contributed by atoms with Crippen LogP contribution in [-0.4, -0.2) is 44.9 Å². The normalized spacial score (nSPS) is 18.6. The van der Waals surface area contributed by atoms with Gasteiger partial charge in [0.1, 0.15) is 11.5 Å². The Morgan fingerprint density at radius 2 is 2.06 bits per heavy atom. The molecule has 0 aromatic carbocycles. The molecule has 3 aromatic rings. The smallest absolute Gasteiger partial charge is 0.273 e. The highest BCUT2D eigenvalue weighted by Crippen LogP contribution is 2.28. The molecule has 160 valence electrons. The van der Waals surface area contributed by atoms with E-state index in [2.05, 4.69) is 27.2 Å². The van der Waals surface area contributed by atoms with Gasteiger partial charge in [0, 0.05) is 36.7 Å². The fourth-order valence-electron chi connectivity index (χ4n) is 4.09. The number of piperidine rings is 1. The Balaban J connectivity index is 1.61. The number of nitrogens with zero attached hydrogens (tertiary/aromatic N) is 4. The summed E-state index contributed by atoms with van der Waals surface area (Å²) in [6, 6.07) is 13.3. The van der Waals surface area contributed by atoms with Gasteiger partial charge in [-0.15, -0.1) is 0 Å². The Morgan fingerprint density at radius 1 is 1.19 bits per heavy atom. The Kier molecular flexibility index (Phi) is 6.47. The van der Waals surface area contributed by atoms with Crippen LogP contribution in [0.3, 0.4) is 0 Å². The first-order valence-corrected chi connectivity index (χ1v) is 11.0. The summed E-state index contributed by atoms with van der Waals surface area (Å²) in [7, 11) is 0. The van der Waals surface area contributed by atoms with Crippen molar-refractivity contribution in [1.29, 1.82) is 0 Å². The number of nitrogens with one attached hydrogen (secondary N) is 1. The predicted molar refractivity (Wildman–Crippen MR) is 123 cm³/mol. The molecule has 3 aromatic heterocycles. The first-order valence-electron chi connectivity index (χ1n) is 10.6. The summed E-state index contributed by atoms with van der Waals surface area (Å²) >= 11 is 5.94. The summed E-state index contributed by atoms with van der Waals surface area (Å²) in [4.78, 5) is 29.1. The SMILES string of the molecule is Cc1ccc(-c2ccccn2)c(C(=O)N2CCCC(C)C2CNc2ccc(Cl)cn2)n1. The van der Waals surface area contributed by atoms with E-state index < -0.39 is 0 Å². The number of carbonyl (C=O) groups is 1. The molecule has 1 saturated heterocycles. The number of amides is 1.